The average molecular weight is 491 g/mol. The SMILES string of the molecule is COc1cc(C=NNC(=O)c2cc3ccccc3cc2O)ccc1OS(=O)(=O)c1ccc(C)cc1. The Labute approximate surface area is 202 Å². The molecule has 0 fully saturated rings. The lowest BCUT2D eigenvalue weighted by Gasteiger charge is -2.11. The van der Waals surface area contributed by atoms with Crippen molar-refractivity contribution in [3.63, 3.8) is 0 Å². The highest BCUT2D eigenvalue weighted by Crippen LogP contribution is 2.30. The molecule has 0 aromatic heterocycles. The number of aryl methyl sites for hydroxylation is 1. The van der Waals surface area contributed by atoms with Crippen LogP contribution in [0.1, 0.15) is 21.5 Å². The number of amides is 1. The molecular formula is C26H22N2O6S. The van der Waals surface area contributed by atoms with Gasteiger partial charge in [-0.05, 0) is 65.7 Å². The number of hydrogen-bond acceptors (Lipinski definition) is 7. The number of fused-ring (bicyclic) bond motifs is 1. The van der Waals surface area contributed by atoms with E-state index in [1.165, 1.54) is 43.7 Å². The van der Waals surface area contributed by atoms with Gasteiger partial charge in [-0.3, -0.25) is 4.79 Å². The van der Waals surface area contributed by atoms with Crippen molar-refractivity contribution in [2.45, 2.75) is 11.8 Å². The van der Waals surface area contributed by atoms with Crippen LogP contribution in [0.5, 0.6) is 17.2 Å². The summed E-state index contributed by atoms with van der Waals surface area (Å²) in [6, 6.07) is 21.3. The second-order valence-electron chi connectivity index (χ2n) is 7.68. The number of carbonyl (C=O) groups is 1. The Morgan fingerprint density at radius 1 is 0.943 bits per heavy atom. The number of rotatable bonds is 7. The third kappa shape index (κ3) is 5.42. The highest BCUT2D eigenvalue weighted by molar-refractivity contribution is 7.87. The Morgan fingerprint density at radius 3 is 2.31 bits per heavy atom. The largest absolute Gasteiger partial charge is 0.507 e. The highest BCUT2D eigenvalue weighted by atomic mass is 32.2. The van der Waals surface area contributed by atoms with Crippen molar-refractivity contribution in [3.05, 3.63) is 95.6 Å². The minimum Gasteiger partial charge on any atom is -0.507 e. The molecule has 1 amide bonds. The fourth-order valence-electron chi connectivity index (χ4n) is 3.34. The Bertz CT molecular complexity index is 1530. The van der Waals surface area contributed by atoms with Gasteiger partial charge in [-0.1, -0.05) is 42.0 Å². The molecule has 0 heterocycles. The summed E-state index contributed by atoms with van der Waals surface area (Å²) in [7, 11) is -2.67. The van der Waals surface area contributed by atoms with E-state index >= 15 is 0 Å². The molecule has 0 saturated heterocycles. The quantitative estimate of drug-likeness (QED) is 0.226. The molecule has 0 aliphatic rings. The summed E-state index contributed by atoms with van der Waals surface area (Å²) in [6.45, 7) is 1.85. The topological polar surface area (TPSA) is 114 Å². The van der Waals surface area contributed by atoms with Gasteiger partial charge in [-0.2, -0.15) is 13.5 Å². The maximum absolute atomic E-state index is 12.6. The number of benzene rings is 4. The smallest absolute Gasteiger partial charge is 0.339 e. The fraction of sp³-hybridized carbons (Fsp3) is 0.0769. The number of nitrogens with one attached hydrogen (secondary N) is 1. The molecule has 35 heavy (non-hydrogen) atoms. The van der Waals surface area contributed by atoms with Crippen molar-refractivity contribution < 1.29 is 27.2 Å². The summed E-state index contributed by atoms with van der Waals surface area (Å²) in [5.74, 6) is -0.562. The first kappa shape index (κ1) is 23.8. The van der Waals surface area contributed by atoms with Gasteiger partial charge < -0.3 is 14.0 Å². The predicted octanol–water partition coefficient (Wildman–Crippen LogP) is 4.39. The number of hydrogen-bond donors (Lipinski definition) is 2. The molecule has 178 valence electrons. The van der Waals surface area contributed by atoms with Crippen LogP contribution in [0.2, 0.25) is 0 Å². The number of carbonyl (C=O) groups excluding carboxylic acids is 1. The summed E-state index contributed by atoms with van der Waals surface area (Å²) in [4.78, 5) is 12.5. The van der Waals surface area contributed by atoms with Crippen LogP contribution in [0.15, 0.2) is 88.9 Å². The lowest BCUT2D eigenvalue weighted by Crippen LogP contribution is -2.17. The van der Waals surface area contributed by atoms with Crippen LogP contribution in [0.4, 0.5) is 0 Å². The van der Waals surface area contributed by atoms with E-state index in [9.17, 15) is 18.3 Å². The third-order valence-corrected chi connectivity index (χ3v) is 6.43. The van der Waals surface area contributed by atoms with Crippen molar-refractivity contribution >= 4 is 33.0 Å². The molecule has 0 radical (unpaired) electrons. The minimum absolute atomic E-state index is 0.00958. The van der Waals surface area contributed by atoms with Gasteiger partial charge in [0.05, 0.1) is 18.9 Å². The number of aromatic hydroxyl groups is 1. The summed E-state index contributed by atoms with van der Waals surface area (Å²) in [5, 5.41) is 15.7. The van der Waals surface area contributed by atoms with Gasteiger partial charge in [0.2, 0.25) is 0 Å². The Kier molecular flexibility index (Phi) is 6.70. The summed E-state index contributed by atoms with van der Waals surface area (Å²) in [5.41, 5.74) is 3.90. The lowest BCUT2D eigenvalue weighted by molar-refractivity contribution is 0.0952. The molecule has 0 spiro atoms. The Balaban J connectivity index is 1.48. The number of nitrogens with zero attached hydrogens (tertiary/aromatic N) is 1. The molecule has 4 aromatic rings. The second kappa shape index (κ2) is 9.86. The van der Waals surface area contributed by atoms with Gasteiger partial charge >= 0.3 is 10.1 Å². The minimum atomic E-state index is -4.05. The zero-order valence-corrected chi connectivity index (χ0v) is 19.7. The standard InChI is InChI=1S/C26H22N2O6S/c1-17-7-10-21(11-8-17)35(31,32)34-24-12-9-18(13-25(24)33-2)16-27-28-26(30)22-14-19-5-3-4-6-20(19)15-23(22)29/h3-16,29H,1-2H3,(H,28,30). The van der Waals surface area contributed by atoms with Crippen LogP contribution in [0.3, 0.4) is 0 Å². The number of ether oxygens (including phenoxy) is 1. The third-order valence-electron chi connectivity index (χ3n) is 5.19. The van der Waals surface area contributed by atoms with E-state index in [0.29, 0.717) is 5.56 Å². The maximum Gasteiger partial charge on any atom is 0.339 e. The van der Waals surface area contributed by atoms with E-state index in [0.717, 1.165) is 16.3 Å². The lowest BCUT2D eigenvalue weighted by atomic mass is 10.1. The van der Waals surface area contributed by atoms with Crippen LogP contribution < -0.4 is 14.3 Å². The van der Waals surface area contributed by atoms with Gasteiger partial charge in [0.1, 0.15) is 10.6 Å². The van der Waals surface area contributed by atoms with Crippen molar-refractivity contribution in [2.24, 2.45) is 5.10 Å². The van der Waals surface area contributed by atoms with Crippen LogP contribution in [-0.4, -0.2) is 32.8 Å². The summed E-state index contributed by atoms with van der Waals surface area (Å²) >= 11 is 0. The van der Waals surface area contributed by atoms with E-state index in [2.05, 4.69) is 10.5 Å². The van der Waals surface area contributed by atoms with E-state index in [1.807, 2.05) is 31.2 Å². The van der Waals surface area contributed by atoms with Crippen molar-refractivity contribution in [1.29, 1.82) is 0 Å². The van der Waals surface area contributed by atoms with Gasteiger partial charge in [-0.25, -0.2) is 5.43 Å². The first-order chi connectivity index (χ1) is 16.8. The van der Waals surface area contributed by atoms with Gasteiger partial charge in [-0.15, -0.1) is 0 Å². The molecule has 0 unspecified atom stereocenters. The summed E-state index contributed by atoms with van der Waals surface area (Å²) < 4.78 is 35.7. The van der Waals surface area contributed by atoms with Gasteiger partial charge in [0.15, 0.2) is 11.5 Å². The molecule has 4 rings (SSSR count). The van der Waals surface area contributed by atoms with Crippen LogP contribution in [0.25, 0.3) is 10.8 Å². The van der Waals surface area contributed by atoms with Crippen LogP contribution >= 0.6 is 0 Å². The van der Waals surface area contributed by atoms with Crippen LogP contribution in [-0.2, 0) is 10.1 Å². The van der Waals surface area contributed by atoms with Gasteiger partial charge in [0.25, 0.3) is 5.91 Å². The molecule has 0 atom stereocenters. The zero-order chi connectivity index (χ0) is 25.0. The van der Waals surface area contributed by atoms with E-state index in [1.54, 1.807) is 24.3 Å². The Hall–Kier alpha value is -4.37. The Morgan fingerprint density at radius 2 is 1.63 bits per heavy atom. The van der Waals surface area contributed by atoms with Gasteiger partial charge in [0, 0.05) is 0 Å². The second-order valence-corrected chi connectivity index (χ2v) is 9.22. The van der Waals surface area contributed by atoms with Crippen LogP contribution in [0, 0.1) is 6.92 Å². The molecule has 4 aromatic carbocycles. The molecule has 0 aliphatic carbocycles. The first-order valence-corrected chi connectivity index (χ1v) is 11.9. The first-order valence-electron chi connectivity index (χ1n) is 10.5. The molecule has 8 nitrogen and oxygen atoms in total. The number of phenols is 1. The predicted molar refractivity (Wildman–Crippen MR) is 133 cm³/mol. The van der Waals surface area contributed by atoms with Crippen molar-refractivity contribution in [1.82, 2.24) is 5.43 Å². The normalized spacial score (nSPS) is 11.5. The van der Waals surface area contributed by atoms with Crippen molar-refractivity contribution in [2.75, 3.05) is 7.11 Å². The van der Waals surface area contributed by atoms with E-state index in [4.69, 9.17) is 8.92 Å². The monoisotopic (exact) mass is 490 g/mol. The molecular weight excluding hydrogens is 468 g/mol. The molecule has 0 saturated carbocycles. The zero-order valence-electron chi connectivity index (χ0n) is 18.9. The molecule has 9 heteroatoms. The highest BCUT2D eigenvalue weighted by Gasteiger charge is 2.19. The van der Waals surface area contributed by atoms with E-state index < -0.39 is 16.0 Å². The molecule has 0 aliphatic heterocycles. The number of methoxy groups -OCH3 is 1. The number of hydrazone groups is 1. The number of phenolic OH excluding ortho intramolecular Hbond substituents is 1. The molecule has 2 N–H and O–H groups in total. The average Bonchev–Trinajstić information content (AvgIpc) is 2.84. The fourth-order valence-corrected chi connectivity index (χ4v) is 4.28. The maximum atomic E-state index is 12.6. The van der Waals surface area contributed by atoms with Crippen molar-refractivity contribution in [3.8, 4) is 17.2 Å². The molecule has 0 bridgehead atoms. The van der Waals surface area contributed by atoms with E-state index in [-0.39, 0.29) is 27.7 Å². The summed E-state index contributed by atoms with van der Waals surface area (Å²) in [6.07, 6.45) is 1.36.